The van der Waals surface area contributed by atoms with Crippen molar-refractivity contribution in [1.82, 2.24) is 0 Å². The Morgan fingerprint density at radius 2 is 1.78 bits per heavy atom. The van der Waals surface area contributed by atoms with Crippen LogP contribution in [0.1, 0.15) is 30.6 Å². The topological polar surface area (TPSA) is 59.6 Å². The molecular weight excluding hydrogens is 292 g/mol. The van der Waals surface area contributed by atoms with Crippen molar-refractivity contribution < 1.29 is 14.3 Å². The Morgan fingerprint density at radius 1 is 1.09 bits per heavy atom. The number of hydrogen-bond acceptors (Lipinski definition) is 4. The molecule has 2 aromatic carbocycles. The van der Waals surface area contributed by atoms with Crippen LogP contribution < -0.4 is 20.1 Å². The number of benzene rings is 2. The second-order valence-electron chi connectivity index (χ2n) is 5.55. The summed E-state index contributed by atoms with van der Waals surface area (Å²) in [5.74, 6) is 1.10. The maximum Gasteiger partial charge on any atom is 0.255 e. The highest BCUT2D eigenvalue weighted by molar-refractivity contribution is 6.04. The van der Waals surface area contributed by atoms with Gasteiger partial charge in [0.15, 0.2) is 11.5 Å². The average Bonchev–Trinajstić information content (AvgIpc) is 3.04. The van der Waals surface area contributed by atoms with E-state index < -0.39 is 0 Å². The van der Waals surface area contributed by atoms with Gasteiger partial charge in [0.1, 0.15) is 0 Å². The predicted octanol–water partition coefficient (Wildman–Crippen LogP) is 3.88. The Bertz CT molecular complexity index is 698. The molecule has 1 aliphatic heterocycles. The summed E-state index contributed by atoms with van der Waals surface area (Å²) in [7, 11) is 0. The fourth-order valence-electron chi connectivity index (χ4n) is 2.28. The molecule has 0 saturated heterocycles. The molecule has 23 heavy (non-hydrogen) atoms. The molecule has 2 N–H and O–H groups in total. The molecule has 0 spiro atoms. The average molecular weight is 312 g/mol. The maximum atomic E-state index is 12.3. The van der Waals surface area contributed by atoms with E-state index in [4.69, 9.17) is 9.47 Å². The number of hydrogen-bond donors (Lipinski definition) is 2. The predicted molar refractivity (Wildman–Crippen MR) is 90.3 cm³/mol. The molecule has 3 rings (SSSR count). The van der Waals surface area contributed by atoms with Crippen LogP contribution in [-0.4, -0.2) is 18.7 Å². The highest BCUT2D eigenvalue weighted by atomic mass is 16.7. The molecule has 1 unspecified atom stereocenters. The van der Waals surface area contributed by atoms with Gasteiger partial charge in [0, 0.05) is 23.0 Å². The van der Waals surface area contributed by atoms with Gasteiger partial charge in [0.05, 0.1) is 0 Å². The number of amides is 1. The fourth-order valence-corrected chi connectivity index (χ4v) is 2.28. The molecule has 120 valence electrons. The summed E-state index contributed by atoms with van der Waals surface area (Å²) < 4.78 is 10.5. The number of fused-ring (bicyclic) bond motifs is 1. The highest BCUT2D eigenvalue weighted by Gasteiger charge is 2.16. The highest BCUT2D eigenvalue weighted by Crippen LogP contribution is 2.32. The SMILES string of the molecule is CCC(C)Nc1ccc(NC(=O)c2ccc3c(c2)OCO3)cc1. The van der Waals surface area contributed by atoms with Crippen molar-refractivity contribution in [2.75, 3.05) is 17.4 Å². The van der Waals surface area contributed by atoms with E-state index in [0.29, 0.717) is 23.1 Å². The van der Waals surface area contributed by atoms with Gasteiger partial charge >= 0.3 is 0 Å². The van der Waals surface area contributed by atoms with Crippen molar-refractivity contribution in [2.24, 2.45) is 0 Å². The van der Waals surface area contributed by atoms with Crippen LogP contribution in [0.5, 0.6) is 11.5 Å². The Hall–Kier alpha value is -2.69. The van der Waals surface area contributed by atoms with Crippen LogP contribution in [0.3, 0.4) is 0 Å². The van der Waals surface area contributed by atoms with E-state index in [2.05, 4.69) is 24.5 Å². The smallest absolute Gasteiger partial charge is 0.255 e. The number of rotatable bonds is 5. The van der Waals surface area contributed by atoms with Crippen LogP contribution in [0.15, 0.2) is 42.5 Å². The summed E-state index contributed by atoms with van der Waals surface area (Å²) in [6, 6.07) is 13.3. The van der Waals surface area contributed by atoms with Crippen LogP contribution in [-0.2, 0) is 0 Å². The molecule has 0 aromatic heterocycles. The first-order valence-electron chi connectivity index (χ1n) is 7.73. The Labute approximate surface area is 135 Å². The number of carbonyl (C=O) groups is 1. The molecule has 2 aromatic rings. The van der Waals surface area contributed by atoms with E-state index in [1.54, 1.807) is 18.2 Å². The third kappa shape index (κ3) is 3.56. The second kappa shape index (κ2) is 6.60. The summed E-state index contributed by atoms with van der Waals surface area (Å²) in [5, 5.41) is 6.27. The molecule has 0 fully saturated rings. The lowest BCUT2D eigenvalue weighted by Gasteiger charge is -2.13. The van der Waals surface area contributed by atoms with Gasteiger partial charge in [-0.3, -0.25) is 4.79 Å². The lowest BCUT2D eigenvalue weighted by molar-refractivity contribution is 0.102. The minimum Gasteiger partial charge on any atom is -0.454 e. The molecule has 5 heteroatoms. The summed E-state index contributed by atoms with van der Waals surface area (Å²) in [6.07, 6.45) is 1.06. The first kappa shape index (κ1) is 15.2. The minimum absolute atomic E-state index is 0.175. The van der Waals surface area contributed by atoms with E-state index in [-0.39, 0.29) is 12.7 Å². The quantitative estimate of drug-likeness (QED) is 0.879. The number of carbonyl (C=O) groups excluding carboxylic acids is 1. The Kier molecular flexibility index (Phi) is 4.37. The Morgan fingerprint density at radius 3 is 2.52 bits per heavy atom. The monoisotopic (exact) mass is 312 g/mol. The number of anilines is 2. The lowest BCUT2D eigenvalue weighted by atomic mass is 10.1. The van der Waals surface area contributed by atoms with E-state index in [9.17, 15) is 4.79 Å². The molecular formula is C18H20N2O3. The fraction of sp³-hybridized carbons (Fsp3) is 0.278. The summed E-state index contributed by atoms with van der Waals surface area (Å²) >= 11 is 0. The molecule has 1 atom stereocenters. The van der Waals surface area contributed by atoms with Gasteiger partial charge in [-0.25, -0.2) is 0 Å². The normalized spacial score (nSPS) is 13.5. The summed E-state index contributed by atoms with van der Waals surface area (Å²) in [4.78, 5) is 12.3. The van der Waals surface area contributed by atoms with Crippen molar-refractivity contribution in [1.29, 1.82) is 0 Å². The standard InChI is InChI=1S/C18H20N2O3/c1-3-12(2)19-14-5-7-15(8-6-14)20-18(21)13-4-9-16-17(10-13)23-11-22-16/h4-10,12,19H,3,11H2,1-2H3,(H,20,21). The van der Waals surface area contributed by atoms with Crippen LogP contribution in [0.4, 0.5) is 11.4 Å². The molecule has 5 nitrogen and oxygen atoms in total. The second-order valence-corrected chi connectivity index (χ2v) is 5.55. The first-order valence-corrected chi connectivity index (χ1v) is 7.73. The van der Waals surface area contributed by atoms with E-state index in [1.807, 2.05) is 24.3 Å². The van der Waals surface area contributed by atoms with Crippen LogP contribution in [0.25, 0.3) is 0 Å². The molecule has 0 radical (unpaired) electrons. The summed E-state index contributed by atoms with van der Waals surface area (Å²) in [5.41, 5.74) is 2.33. The number of ether oxygens (including phenoxy) is 2. The van der Waals surface area contributed by atoms with Gasteiger partial charge < -0.3 is 20.1 Å². The van der Waals surface area contributed by atoms with Crippen LogP contribution in [0, 0.1) is 0 Å². The van der Waals surface area contributed by atoms with Gasteiger partial charge in [-0.2, -0.15) is 0 Å². The zero-order chi connectivity index (χ0) is 16.2. The van der Waals surface area contributed by atoms with Crippen LogP contribution >= 0.6 is 0 Å². The van der Waals surface area contributed by atoms with Gasteiger partial charge in [0.25, 0.3) is 5.91 Å². The van der Waals surface area contributed by atoms with Crippen molar-refractivity contribution >= 4 is 17.3 Å². The molecule has 0 aliphatic carbocycles. The van der Waals surface area contributed by atoms with E-state index in [0.717, 1.165) is 17.8 Å². The molecule has 1 aliphatic rings. The summed E-state index contributed by atoms with van der Waals surface area (Å²) in [6.45, 7) is 4.47. The van der Waals surface area contributed by atoms with Gasteiger partial charge in [-0.05, 0) is 55.8 Å². The third-order valence-electron chi connectivity index (χ3n) is 3.80. The first-order chi connectivity index (χ1) is 11.2. The molecule has 1 heterocycles. The van der Waals surface area contributed by atoms with Gasteiger partial charge in [-0.15, -0.1) is 0 Å². The molecule has 0 bridgehead atoms. The van der Waals surface area contributed by atoms with Gasteiger partial charge in [-0.1, -0.05) is 6.92 Å². The minimum atomic E-state index is -0.175. The van der Waals surface area contributed by atoms with Crippen molar-refractivity contribution in [3.8, 4) is 11.5 Å². The van der Waals surface area contributed by atoms with Crippen molar-refractivity contribution in [3.63, 3.8) is 0 Å². The van der Waals surface area contributed by atoms with Gasteiger partial charge in [0.2, 0.25) is 6.79 Å². The van der Waals surface area contributed by atoms with E-state index in [1.165, 1.54) is 0 Å². The van der Waals surface area contributed by atoms with E-state index >= 15 is 0 Å². The van der Waals surface area contributed by atoms with Crippen molar-refractivity contribution in [3.05, 3.63) is 48.0 Å². The molecule has 0 saturated carbocycles. The molecule has 1 amide bonds. The van der Waals surface area contributed by atoms with Crippen molar-refractivity contribution in [2.45, 2.75) is 26.3 Å². The zero-order valence-corrected chi connectivity index (χ0v) is 13.3. The maximum absolute atomic E-state index is 12.3. The zero-order valence-electron chi connectivity index (χ0n) is 13.3. The number of nitrogens with one attached hydrogen (secondary N) is 2. The Balaban J connectivity index is 1.65. The largest absolute Gasteiger partial charge is 0.454 e. The lowest BCUT2D eigenvalue weighted by Crippen LogP contribution is -2.14. The van der Waals surface area contributed by atoms with Crippen LogP contribution in [0.2, 0.25) is 0 Å². The third-order valence-corrected chi connectivity index (χ3v) is 3.80.